The van der Waals surface area contributed by atoms with Crippen LogP contribution in [0.1, 0.15) is 22.8 Å². The SMILES string of the molecule is CCOc1cccc(CNC(=O)c2cc(S(N)(=O)=O)ccc2Br)c1. The molecule has 0 atom stereocenters. The van der Waals surface area contributed by atoms with Crippen LogP contribution >= 0.6 is 15.9 Å². The monoisotopic (exact) mass is 412 g/mol. The van der Waals surface area contributed by atoms with Crippen LogP contribution in [0.15, 0.2) is 51.8 Å². The summed E-state index contributed by atoms with van der Waals surface area (Å²) in [6.07, 6.45) is 0. The van der Waals surface area contributed by atoms with E-state index in [1.165, 1.54) is 18.2 Å². The second-order valence-corrected chi connectivity index (χ2v) is 7.37. The molecule has 3 N–H and O–H groups in total. The normalized spacial score (nSPS) is 11.1. The van der Waals surface area contributed by atoms with Gasteiger partial charge in [0.05, 0.1) is 17.1 Å². The van der Waals surface area contributed by atoms with Crippen molar-refractivity contribution in [2.24, 2.45) is 5.14 Å². The molecule has 0 aliphatic heterocycles. The van der Waals surface area contributed by atoms with E-state index in [1.807, 2.05) is 31.2 Å². The number of nitrogens with one attached hydrogen (secondary N) is 1. The van der Waals surface area contributed by atoms with Crippen molar-refractivity contribution in [3.05, 3.63) is 58.1 Å². The van der Waals surface area contributed by atoms with Crippen LogP contribution in [0.5, 0.6) is 5.75 Å². The zero-order valence-electron chi connectivity index (χ0n) is 13.0. The Hall–Kier alpha value is -1.90. The minimum atomic E-state index is -3.87. The van der Waals surface area contributed by atoms with E-state index in [0.29, 0.717) is 11.1 Å². The highest BCUT2D eigenvalue weighted by Crippen LogP contribution is 2.21. The van der Waals surface area contributed by atoms with Crippen LogP contribution in [0.3, 0.4) is 0 Å². The summed E-state index contributed by atoms with van der Waals surface area (Å²) < 4.78 is 28.7. The lowest BCUT2D eigenvalue weighted by Crippen LogP contribution is -2.24. The third-order valence-electron chi connectivity index (χ3n) is 3.17. The maximum atomic E-state index is 12.3. The van der Waals surface area contributed by atoms with Crippen molar-refractivity contribution >= 4 is 31.9 Å². The van der Waals surface area contributed by atoms with E-state index >= 15 is 0 Å². The third kappa shape index (κ3) is 4.80. The number of amides is 1. The largest absolute Gasteiger partial charge is 0.494 e. The number of carbonyl (C=O) groups excluding carboxylic acids is 1. The van der Waals surface area contributed by atoms with Gasteiger partial charge in [0, 0.05) is 11.0 Å². The van der Waals surface area contributed by atoms with Gasteiger partial charge in [0.1, 0.15) is 5.75 Å². The zero-order valence-corrected chi connectivity index (χ0v) is 15.4. The molecule has 0 aromatic heterocycles. The molecule has 0 spiro atoms. The number of rotatable bonds is 6. The second kappa shape index (κ2) is 7.78. The Morgan fingerprint density at radius 2 is 2.00 bits per heavy atom. The van der Waals surface area contributed by atoms with Gasteiger partial charge >= 0.3 is 0 Å². The van der Waals surface area contributed by atoms with Gasteiger partial charge in [-0.3, -0.25) is 4.79 Å². The molecule has 0 saturated heterocycles. The van der Waals surface area contributed by atoms with Crippen LogP contribution in [0.2, 0.25) is 0 Å². The summed E-state index contributed by atoms with van der Waals surface area (Å²) in [6.45, 7) is 2.74. The molecule has 0 aliphatic rings. The fourth-order valence-corrected chi connectivity index (χ4v) is 3.01. The Labute approximate surface area is 149 Å². The number of carbonyl (C=O) groups is 1. The summed E-state index contributed by atoms with van der Waals surface area (Å²) in [7, 11) is -3.87. The quantitative estimate of drug-likeness (QED) is 0.760. The van der Waals surface area contributed by atoms with Gasteiger partial charge in [-0.1, -0.05) is 12.1 Å². The van der Waals surface area contributed by atoms with Gasteiger partial charge < -0.3 is 10.1 Å². The third-order valence-corrected chi connectivity index (χ3v) is 4.78. The molecule has 0 fully saturated rings. The van der Waals surface area contributed by atoms with Crippen LogP contribution in [0.4, 0.5) is 0 Å². The highest BCUT2D eigenvalue weighted by molar-refractivity contribution is 9.10. The lowest BCUT2D eigenvalue weighted by molar-refractivity contribution is 0.0950. The Bertz CT molecular complexity index is 853. The topological polar surface area (TPSA) is 98.5 Å². The highest BCUT2D eigenvalue weighted by Gasteiger charge is 2.15. The van der Waals surface area contributed by atoms with E-state index in [-0.39, 0.29) is 17.0 Å². The molecule has 0 heterocycles. The molecule has 2 aromatic rings. The molecular weight excluding hydrogens is 396 g/mol. The number of halogens is 1. The molecule has 0 saturated carbocycles. The van der Waals surface area contributed by atoms with Crippen molar-refractivity contribution in [3.8, 4) is 5.75 Å². The molecular formula is C16H17BrN2O4S. The first-order valence-electron chi connectivity index (χ1n) is 7.13. The number of hydrogen-bond acceptors (Lipinski definition) is 4. The Morgan fingerprint density at radius 3 is 2.67 bits per heavy atom. The smallest absolute Gasteiger partial charge is 0.252 e. The molecule has 0 bridgehead atoms. The summed E-state index contributed by atoms with van der Waals surface area (Å²) in [5.41, 5.74) is 1.07. The maximum Gasteiger partial charge on any atom is 0.252 e. The van der Waals surface area contributed by atoms with E-state index < -0.39 is 15.9 Å². The second-order valence-electron chi connectivity index (χ2n) is 4.95. The molecule has 0 unspecified atom stereocenters. The van der Waals surface area contributed by atoms with Crippen LogP contribution in [0.25, 0.3) is 0 Å². The van der Waals surface area contributed by atoms with Crippen molar-refractivity contribution in [2.75, 3.05) is 6.61 Å². The maximum absolute atomic E-state index is 12.3. The molecule has 2 aromatic carbocycles. The van der Waals surface area contributed by atoms with E-state index in [4.69, 9.17) is 9.88 Å². The van der Waals surface area contributed by atoms with Crippen LogP contribution in [-0.2, 0) is 16.6 Å². The average molecular weight is 413 g/mol. The van der Waals surface area contributed by atoms with E-state index in [1.54, 1.807) is 0 Å². The first-order chi connectivity index (χ1) is 11.3. The number of sulfonamides is 1. The number of ether oxygens (including phenoxy) is 1. The molecule has 24 heavy (non-hydrogen) atoms. The molecule has 0 aliphatic carbocycles. The van der Waals surface area contributed by atoms with E-state index in [2.05, 4.69) is 21.2 Å². The molecule has 8 heteroatoms. The van der Waals surface area contributed by atoms with Crippen LogP contribution in [-0.4, -0.2) is 20.9 Å². The van der Waals surface area contributed by atoms with Crippen molar-refractivity contribution < 1.29 is 17.9 Å². The number of hydrogen-bond donors (Lipinski definition) is 2. The van der Waals surface area contributed by atoms with Gasteiger partial charge in [-0.25, -0.2) is 13.6 Å². The Balaban J connectivity index is 2.14. The highest BCUT2D eigenvalue weighted by atomic mass is 79.9. The summed E-state index contributed by atoms with van der Waals surface area (Å²) >= 11 is 3.24. The van der Waals surface area contributed by atoms with E-state index in [0.717, 1.165) is 11.3 Å². The van der Waals surface area contributed by atoms with E-state index in [9.17, 15) is 13.2 Å². The summed E-state index contributed by atoms with van der Waals surface area (Å²) in [5, 5.41) is 7.84. The molecule has 128 valence electrons. The number of primary sulfonamides is 1. The summed E-state index contributed by atoms with van der Waals surface area (Å²) in [4.78, 5) is 12.2. The molecule has 1 amide bonds. The van der Waals surface area contributed by atoms with Gasteiger partial charge in [-0.15, -0.1) is 0 Å². The van der Waals surface area contributed by atoms with Crippen molar-refractivity contribution in [3.63, 3.8) is 0 Å². The molecule has 2 rings (SSSR count). The first-order valence-corrected chi connectivity index (χ1v) is 9.47. The minimum absolute atomic E-state index is 0.116. The van der Waals surface area contributed by atoms with Gasteiger partial charge in [-0.05, 0) is 58.7 Å². The molecule has 6 nitrogen and oxygen atoms in total. The van der Waals surface area contributed by atoms with Crippen molar-refractivity contribution in [1.29, 1.82) is 0 Å². The number of nitrogens with two attached hydrogens (primary N) is 1. The van der Waals surface area contributed by atoms with Crippen LogP contribution in [0, 0.1) is 0 Å². The van der Waals surface area contributed by atoms with Gasteiger partial charge in [-0.2, -0.15) is 0 Å². The predicted octanol–water partition coefficient (Wildman–Crippen LogP) is 2.43. The Morgan fingerprint density at radius 1 is 1.25 bits per heavy atom. The lowest BCUT2D eigenvalue weighted by atomic mass is 10.2. The Kier molecular flexibility index (Phi) is 5.98. The molecule has 0 radical (unpaired) electrons. The van der Waals surface area contributed by atoms with Crippen molar-refractivity contribution in [1.82, 2.24) is 5.32 Å². The number of benzene rings is 2. The fraction of sp³-hybridized carbons (Fsp3) is 0.188. The average Bonchev–Trinajstić information content (AvgIpc) is 2.52. The summed E-state index contributed by atoms with van der Waals surface area (Å²) in [5.74, 6) is 0.316. The fourth-order valence-electron chi connectivity index (χ4n) is 2.04. The predicted molar refractivity (Wildman–Crippen MR) is 94.3 cm³/mol. The van der Waals surface area contributed by atoms with Gasteiger partial charge in [0.25, 0.3) is 5.91 Å². The van der Waals surface area contributed by atoms with Gasteiger partial charge in [0.15, 0.2) is 0 Å². The zero-order chi connectivity index (χ0) is 17.7. The van der Waals surface area contributed by atoms with Crippen LogP contribution < -0.4 is 15.2 Å². The minimum Gasteiger partial charge on any atom is -0.494 e. The lowest BCUT2D eigenvalue weighted by Gasteiger charge is -2.10. The summed E-state index contributed by atoms with van der Waals surface area (Å²) in [6, 6.07) is 11.4. The van der Waals surface area contributed by atoms with Crippen molar-refractivity contribution in [2.45, 2.75) is 18.4 Å². The standard InChI is InChI=1S/C16H17BrN2O4S/c1-2-23-12-5-3-4-11(8-12)10-19-16(20)14-9-13(24(18,21)22)6-7-15(14)17/h3-9H,2,10H2,1H3,(H,19,20)(H2,18,21,22). The van der Waals surface area contributed by atoms with Gasteiger partial charge in [0.2, 0.25) is 10.0 Å². The first kappa shape index (κ1) is 18.4.